The number of benzene rings is 1. The fraction of sp³-hybridized carbons (Fsp3) is 0.500. The third-order valence-corrected chi connectivity index (χ3v) is 4.13. The molecule has 5 nitrogen and oxygen atoms in total. The van der Waals surface area contributed by atoms with Crippen molar-refractivity contribution in [2.45, 2.75) is 32.5 Å². The van der Waals surface area contributed by atoms with Crippen LogP contribution >= 0.6 is 0 Å². The van der Waals surface area contributed by atoms with E-state index in [-0.39, 0.29) is 6.61 Å². The maximum Gasteiger partial charge on any atom is 0.0692 e. The molecule has 1 atom stereocenters. The summed E-state index contributed by atoms with van der Waals surface area (Å²) in [6.07, 6.45) is 6.18. The number of nitrogens with zero attached hydrogens (tertiary/aromatic N) is 4. The van der Waals surface area contributed by atoms with Gasteiger partial charge in [-0.05, 0) is 36.4 Å². The Balaban J connectivity index is 1.55. The molecule has 1 fully saturated rings. The summed E-state index contributed by atoms with van der Waals surface area (Å²) < 4.78 is 1.93. The second kappa shape index (κ2) is 6.83. The summed E-state index contributed by atoms with van der Waals surface area (Å²) in [5.41, 5.74) is 2.29. The van der Waals surface area contributed by atoms with Gasteiger partial charge in [0.05, 0.1) is 12.8 Å². The lowest BCUT2D eigenvalue weighted by atomic mass is 9.97. The summed E-state index contributed by atoms with van der Waals surface area (Å²) in [6.45, 7) is 4.33. The topological polar surface area (TPSA) is 54.2 Å². The van der Waals surface area contributed by atoms with Crippen LogP contribution in [0.5, 0.6) is 0 Å². The molecule has 0 radical (unpaired) electrons. The molecule has 1 aliphatic heterocycles. The van der Waals surface area contributed by atoms with Gasteiger partial charge in [0.15, 0.2) is 0 Å². The first-order chi connectivity index (χ1) is 10.3. The number of hydrogen-bond acceptors (Lipinski definition) is 4. The van der Waals surface area contributed by atoms with Crippen molar-refractivity contribution in [3.63, 3.8) is 0 Å². The van der Waals surface area contributed by atoms with Gasteiger partial charge in [-0.1, -0.05) is 29.5 Å². The van der Waals surface area contributed by atoms with Crippen molar-refractivity contribution < 1.29 is 5.11 Å². The molecule has 21 heavy (non-hydrogen) atoms. The summed E-state index contributed by atoms with van der Waals surface area (Å²) in [5, 5.41) is 17.0. The van der Waals surface area contributed by atoms with Gasteiger partial charge in [-0.2, -0.15) is 0 Å². The maximum atomic E-state index is 9.08. The zero-order chi connectivity index (χ0) is 14.5. The van der Waals surface area contributed by atoms with E-state index in [1.165, 1.54) is 18.4 Å². The summed E-state index contributed by atoms with van der Waals surface area (Å²) >= 11 is 0. The molecule has 1 aromatic carbocycles. The van der Waals surface area contributed by atoms with E-state index in [0.29, 0.717) is 5.92 Å². The van der Waals surface area contributed by atoms with E-state index in [4.69, 9.17) is 5.11 Å². The number of rotatable bonds is 5. The predicted octanol–water partition coefficient (Wildman–Crippen LogP) is 1.68. The molecule has 5 heteroatoms. The van der Waals surface area contributed by atoms with Gasteiger partial charge >= 0.3 is 0 Å². The summed E-state index contributed by atoms with van der Waals surface area (Å²) in [4.78, 5) is 2.51. The Kier molecular flexibility index (Phi) is 4.62. The van der Waals surface area contributed by atoms with Crippen molar-refractivity contribution in [2.75, 3.05) is 13.1 Å². The van der Waals surface area contributed by atoms with Crippen LogP contribution in [0.2, 0.25) is 0 Å². The molecule has 3 rings (SSSR count). The number of likely N-dealkylation sites (tertiary alicyclic amines) is 1. The fourth-order valence-corrected chi connectivity index (χ4v) is 3.05. The SMILES string of the molecule is OCc1ccc(CN2CCCC(Cn3ccnn3)C2)cc1. The lowest BCUT2D eigenvalue weighted by molar-refractivity contribution is 0.153. The van der Waals surface area contributed by atoms with Gasteiger partial charge in [-0.25, -0.2) is 0 Å². The molecule has 1 N–H and O–H groups in total. The first-order valence-corrected chi connectivity index (χ1v) is 7.58. The van der Waals surface area contributed by atoms with Crippen LogP contribution in [-0.4, -0.2) is 38.1 Å². The number of hydrogen-bond donors (Lipinski definition) is 1. The molecule has 0 aliphatic carbocycles. The van der Waals surface area contributed by atoms with E-state index in [0.717, 1.165) is 31.7 Å². The van der Waals surface area contributed by atoms with Crippen molar-refractivity contribution in [1.29, 1.82) is 0 Å². The van der Waals surface area contributed by atoms with E-state index in [1.807, 2.05) is 23.0 Å². The van der Waals surface area contributed by atoms with Gasteiger partial charge in [-0.15, -0.1) is 5.10 Å². The van der Waals surface area contributed by atoms with Crippen LogP contribution in [0.1, 0.15) is 24.0 Å². The molecule has 0 saturated carbocycles. The highest BCUT2D eigenvalue weighted by molar-refractivity contribution is 5.21. The first-order valence-electron chi connectivity index (χ1n) is 7.58. The van der Waals surface area contributed by atoms with E-state index >= 15 is 0 Å². The van der Waals surface area contributed by atoms with Crippen LogP contribution in [0.3, 0.4) is 0 Å². The summed E-state index contributed by atoms with van der Waals surface area (Å²) in [6, 6.07) is 8.25. The average Bonchev–Trinajstić information content (AvgIpc) is 3.01. The van der Waals surface area contributed by atoms with Crippen LogP contribution in [0.4, 0.5) is 0 Å². The average molecular weight is 286 g/mol. The number of aromatic nitrogens is 3. The highest BCUT2D eigenvalue weighted by Crippen LogP contribution is 2.20. The Morgan fingerprint density at radius 3 is 2.71 bits per heavy atom. The molecule has 1 aliphatic rings. The van der Waals surface area contributed by atoms with Crippen molar-refractivity contribution in [3.8, 4) is 0 Å². The number of piperidine rings is 1. The van der Waals surface area contributed by atoms with E-state index in [9.17, 15) is 0 Å². The van der Waals surface area contributed by atoms with Crippen molar-refractivity contribution >= 4 is 0 Å². The Hall–Kier alpha value is -1.72. The van der Waals surface area contributed by atoms with Gasteiger partial charge in [0.25, 0.3) is 0 Å². The molecule has 2 aromatic rings. The van der Waals surface area contributed by atoms with E-state index in [2.05, 4.69) is 27.3 Å². The lowest BCUT2D eigenvalue weighted by Gasteiger charge is -2.32. The highest BCUT2D eigenvalue weighted by atomic mass is 16.3. The van der Waals surface area contributed by atoms with Crippen molar-refractivity contribution in [3.05, 3.63) is 47.8 Å². The van der Waals surface area contributed by atoms with Gasteiger partial charge in [0.1, 0.15) is 0 Å². The highest BCUT2D eigenvalue weighted by Gasteiger charge is 2.20. The van der Waals surface area contributed by atoms with Gasteiger partial charge in [0.2, 0.25) is 0 Å². The zero-order valence-corrected chi connectivity index (χ0v) is 12.2. The van der Waals surface area contributed by atoms with Crippen LogP contribution in [-0.2, 0) is 19.7 Å². The molecule has 112 valence electrons. The largest absolute Gasteiger partial charge is 0.392 e. The second-order valence-electron chi connectivity index (χ2n) is 5.84. The lowest BCUT2D eigenvalue weighted by Crippen LogP contribution is -2.36. The number of aliphatic hydroxyl groups excluding tert-OH is 1. The quantitative estimate of drug-likeness (QED) is 0.908. The Morgan fingerprint density at radius 2 is 2.00 bits per heavy atom. The number of aliphatic hydroxyl groups is 1. The second-order valence-corrected chi connectivity index (χ2v) is 5.84. The molecular formula is C16H22N4O. The molecule has 2 heterocycles. The molecule has 0 amide bonds. The predicted molar refractivity (Wildman–Crippen MR) is 80.4 cm³/mol. The Bertz CT molecular complexity index is 538. The Morgan fingerprint density at radius 1 is 1.19 bits per heavy atom. The first kappa shape index (κ1) is 14.2. The fourth-order valence-electron chi connectivity index (χ4n) is 3.05. The van der Waals surface area contributed by atoms with Crippen molar-refractivity contribution in [2.24, 2.45) is 5.92 Å². The third kappa shape index (κ3) is 3.89. The minimum atomic E-state index is 0.115. The molecule has 0 bridgehead atoms. The van der Waals surface area contributed by atoms with Crippen LogP contribution in [0.25, 0.3) is 0 Å². The molecule has 1 aromatic heterocycles. The van der Waals surface area contributed by atoms with E-state index in [1.54, 1.807) is 6.20 Å². The standard InChI is InChI=1S/C16H22N4O/c21-13-15-5-3-14(4-6-15)10-19-8-1-2-16(11-19)12-20-9-7-17-18-20/h3-7,9,16,21H,1-2,8,10-13H2. The van der Waals surface area contributed by atoms with Crippen LogP contribution in [0.15, 0.2) is 36.7 Å². The Labute approximate surface area is 125 Å². The molecule has 1 unspecified atom stereocenters. The van der Waals surface area contributed by atoms with Gasteiger partial charge in [-0.3, -0.25) is 9.58 Å². The minimum absolute atomic E-state index is 0.115. The van der Waals surface area contributed by atoms with Gasteiger partial charge in [0, 0.05) is 25.8 Å². The molecule has 0 spiro atoms. The minimum Gasteiger partial charge on any atom is -0.392 e. The van der Waals surface area contributed by atoms with E-state index < -0.39 is 0 Å². The summed E-state index contributed by atoms with van der Waals surface area (Å²) in [5.74, 6) is 0.650. The normalized spacial score (nSPS) is 19.8. The van der Waals surface area contributed by atoms with Crippen LogP contribution in [0, 0.1) is 5.92 Å². The zero-order valence-electron chi connectivity index (χ0n) is 12.2. The maximum absolute atomic E-state index is 9.08. The van der Waals surface area contributed by atoms with Crippen molar-refractivity contribution in [1.82, 2.24) is 19.9 Å². The molecular weight excluding hydrogens is 264 g/mol. The van der Waals surface area contributed by atoms with Crippen LogP contribution < -0.4 is 0 Å². The summed E-state index contributed by atoms with van der Waals surface area (Å²) in [7, 11) is 0. The third-order valence-electron chi connectivity index (χ3n) is 4.13. The smallest absolute Gasteiger partial charge is 0.0692 e. The monoisotopic (exact) mass is 286 g/mol. The molecule has 1 saturated heterocycles. The van der Waals surface area contributed by atoms with Gasteiger partial charge < -0.3 is 5.11 Å².